The summed E-state index contributed by atoms with van der Waals surface area (Å²) in [5.74, 6) is 0. The molecule has 0 amide bonds. The van der Waals surface area contributed by atoms with Gasteiger partial charge >= 0.3 is 0 Å². The molecule has 0 aromatic heterocycles. The minimum absolute atomic E-state index is 0.147. The van der Waals surface area contributed by atoms with E-state index in [0.29, 0.717) is 5.69 Å². The lowest BCUT2D eigenvalue weighted by Crippen LogP contribution is -2.30. The zero-order chi connectivity index (χ0) is 14.0. The van der Waals surface area contributed by atoms with E-state index in [2.05, 4.69) is 5.32 Å². The molecule has 1 aliphatic rings. The number of nitrogen functional groups attached to an aromatic ring is 1. The molecule has 0 radical (unpaired) electrons. The molecule has 2 rings (SSSR count). The summed E-state index contributed by atoms with van der Waals surface area (Å²) in [4.78, 5) is 0.236. The highest BCUT2D eigenvalue weighted by atomic mass is 32.2. The van der Waals surface area contributed by atoms with Gasteiger partial charge in [0.1, 0.15) is 0 Å². The second-order valence-electron chi connectivity index (χ2n) is 5.01. The van der Waals surface area contributed by atoms with Crippen LogP contribution in [0.5, 0.6) is 0 Å². The Balaban J connectivity index is 2.13. The topological polar surface area (TPSA) is 81.4 Å². The van der Waals surface area contributed by atoms with Crippen LogP contribution in [-0.4, -0.2) is 33.4 Å². The molecule has 19 heavy (non-hydrogen) atoms. The fourth-order valence-corrected chi connectivity index (χ4v) is 2.89. The van der Waals surface area contributed by atoms with Gasteiger partial charge in [-0.25, -0.2) is 8.42 Å². The van der Waals surface area contributed by atoms with Crippen LogP contribution in [0, 0.1) is 0 Å². The Kier molecular flexibility index (Phi) is 4.01. The van der Waals surface area contributed by atoms with Crippen LogP contribution in [0.15, 0.2) is 23.1 Å². The van der Waals surface area contributed by atoms with Crippen molar-refractivity contribution in [3.8, 4) is 0 Å². The minimum Gasteiger partial charge on any atom is -0.397 e. The number of anilines is 2. The first-order valence-electron chi connectivity index (χ1n) is 6.35. The minimum atomic E-state index is -3.22. The molecule has 1 aliphatic heterocycles. The van der Waals surface area contributed by atoms with Crippen LogP contribution >= 0.6 is 0 Å². The van der Waals surface area contributed by atoms with Gasteiger partial charge in [-0.2, -0.15) is 0 Å². The fourth-order valence-electron chi connectivity index (χ4n) is 2.24. The molecule has 5 nitrogen and oxygen atoms in total. The van der Waals surface area contributed by atoms with Crippen molar-refractivity contribution in [3.63, 3.8) is 0 Å². The van der Waals surface area contributed by atoms with Crippen molar-refractivity contribution >= 4 is 21.2 Å². The first kappa shape index (κ1) is 14.1. The Morgan fingerprint density at radius 1 is 1.47 bits per heavy atom. The van der Waals surface area contributed by atoms with E-state index in [1.165, 1.54) is 12.3 Å². The van der Waals surface area contributed by atoms with Gasteiger partial charge in [-0.05, 0) is 38.0 Å². The smallest absolute Gasteiger partial charge is 0.175 e. The summed E-state index contributed by atoms with van der Waals surface area (Å²) in [5.41, 5.74) is 7.08. The Labute approximate surface area is 114 Å². The summed E-state index contributed by atoms with van der Waals surface area (Å²) in [6, 6.07) is 4.90. The number of nitrogens with one attached hydrogen (secondary N) is 1. The lowest BCUT2D eigenvalue weighted by atomic mass is 10.1. The number of nitrogens with two attached hydrogens (primary N) is 1. The third-order valence-corrected chi connectivity index (χ3v) is 4.47. The predicted molar refractivity (Wildman–Crippen MR) is 76.0 cm³/mol. The zero-order valence-electron chi connectivity index (χ0n) is 11.2. The van der Waals surface area contributed by atoms with E-state index < -0.39 is 9.84 Å². The van der Waals surface area contributed by atoms with Crippen LogP contribution in [0.25, 0.3) is 0 Å². The van der Waals surface area contributed by atoms with E-state index in [-0.39, 0.29) is 17.0 Å². The summed E-state index contributed by atoms with van der Waals surface area (Å²) in [6.07, 6.45) is 3.48. The number of benzene rings is 1. The van der Waals surface area contributed by atoms with E-state index in [4.69, 9.17) is 10.5 Å². The van der Waals surface area contributed by atoms with Gasteiger partial charge in [-0.15, -0.1) is 0 Å². The van der Waals surface area contributed by atoms with Crippen LogP contribution in [0.2, 0.25) is 0 Å². The molecule has 3 N–H and O–H groups in total. The highest BCUT2D eigenvalue weighted by molar-refractivity contribution is 7.90. The monoisotopic (exact) mass is 284 g/mol. The van der Waals surface area contributed by atoms with Crippen molar-refractivity contribution in [1.29, 1.82) is 0 Å². The van der Waals surface area contributed by atoms with Crippen LogP contribution in [-0.2, 0) is 14.6 Å². The van der Waals surface area contributed by atoms with Crippen molar-refractivity contribution in [2.24, 2.45) is 0 Å². The third kappa shape index (κ3) is 3.39. The third-order valence-electron chi connectivity index (χ3n) is 3.36. The number of hydrogen-bond acceptors (Lipinski definition) is 5. The Morgan fingerprint density at radius 3 is 2.74 bits per heavy atom. The second kappa shape index (κ2) is 5.38. The maximum absolute atomic E-state index is 11.4. The molecular formula is C13H20N2O3S. The lowest BCUT2D eigenvalue weighted by molar-refractivity contribution is 0.0997. The largest absolute Gasteiger partial charge is 0.397 e. The Morgan fingerprint density at radius 2 is 2.21 bits per heavy atom. The molecule has 2 unspecified atom stereocenters. The predicted octanol–water partition coefficient (Wildman–Crippen LogP) is 1.65. The summed E-state index contributed by atoms with van der Waals surface area (Å²) >= 11 is 0. The molecule has 0 spiro atoms. The van der Waals surface area contributed by atoms with E-state index in [0.717, 1.165) is 25.1 Å². The highest BCUT2D eigenvalue weighted by Gasteiger charge is 2.22. The van der Waals surface area contributed by atoms with Gasteiger partial charge < -0.3 is 15.8 Å². The van der Waals surface area contributed by atoms with Gasteiger partial charge in [-0.1, -0.05) is 0 Å². The van der Waals surface area contributed by atoms with Crippen LogP contribution < -0.4 is 11.1 Å². The van der Waals surface area contributed by atoms with Crippen molar-refractivity contribution in [2.75, 3.05) is 23.9 Å². The van der Waals surface area contributed by atoms with Gasteiger partial charge in [-0.3, -0.25) is 0 Å². The molecule has 1 aromatic rings. The van der Waals surface area contributed by atoms with Crippen molar-refractivity contribution in [3.05, 3.63) is 18.2 Å². The molecule has 1 saturated heterocycles. The normalized spacial score (nSPS) is 21.3. The van der Waals surface area contributed by atoms with Gasteiger partial charge in [0.15, 0.2) is 9.84 Å². The molecule has 1 heterocycles. The SMILES string of the molecule is CC(Nc1ccc(S(C)(=O)=O)cc1N)C1CCCO1. The Hall–Kier alpha value is -1.27. The molecule has 1 fully saturated rings. The standard InChI is InChI=1S/C13H20N2O3S/c1-9(13-4-3-7-18-13)15-12-6-5-10(8-11(12)14)19(2,16)17/h5-6,8-9,13,15H,3-4,7,14H2,1-2H3. The Bertz CT molecular complexity index is 551. The maximum atomic E-state index is 11.4. The van der Waals surface area contributed by atoms with Crippen molar-refractivity contribution < 1.29 is 13.2 Å². The molecule has 106 valence electrons. The van der Waals surface area contributed by atoms with Crippen LogP contribution in [0.3, 0.4) is 0 Å². The second-order valence-corrected chi connectivity index (χ2v) is 7.02. The summed E-state index contributed by atoms with van der Waals surface area (Å²) in [6.45, 7) is 2.85. The zero-order valence-corrected chi connectivity index (χ0v) is 12.0. The van der Waals surface area contributed by atoms with E-state index in [9.17, 15) is 8.42 Å². The van der Waals surface area contributed by atoms with E-state index >= 15 is 0 Å². The lowest BCUT2D eigenvalue weighted by Gasteiger charge is -2.22. The average Bonchev–Trinajstić information content (AvgIpc) is 2.84. The average molecular weight is 284 g/mol. The quantitative estimate of drug-likeness (QED) is 0.822. The van der Waals surface area contributed by atoms with Gasteiger partial charge in [0.2, 0.25) is 0 Å². The summed E-state index contributed by atoms with van der Waals surface area (Å²) < 4.78 is 28.5. The first-order chi connectivity index (χ1) is 8.88. The summed E-state index contributed by atoms with van der Waals surface area (Å²) in [5, 5.41) is 3.29. The van der Waals surface area contributed by atoms with E-state index in [1.54, 1.807) is 12.1 Å². The van der Waals surface area contributed by atoms with Crippen LogP contribution in [0.4, 0.5) is 11.4 Å². The molecular weight excluding hydrogens is 264 g/mol. The number of hydrogen-bond donors (Lipinski definition) is 2. The van der Waals surface area contributed by atoms with E-state index in [1.807, 2.05) is 6.92 Å². The molecule has 0 bridgehead atoms. The van der Waals surface area contributed by atoms with Crippen LogP contribution in [0.1, 0.15) is 19.8 Å². The number of ether oxygens (including phenoxy) is 1. The molecule has 6 heteroatoms. The maximum Gasteiger partial charge on any atom is 0.175 e. The van der Waals surface area contributed by atoms with Crippen molar-refractivity contribution in [1.82, 2.24) is 0 Å². The van der Waals surface area contributed by atoms with Gasteiger partial charge in [0.05, 0.1) is 22.4 Å². The number of rotatable bonds is 4. The summed E-state index contributed by atoms with van der Waals surface area (Å²) in [7, 11) is -3.22. The first-order valence-corrected chi connectivity index (χ1v) is 8.25. The number of sulfone groups is 1. The fraction of sp³-hybridized carbons (Fsp3) is 0.538. The highest BCUT2D eigenvalue weighted by Crippen LogP contribution is 2.25. The van der Waals surface area contributed by atoms with Gasteiger partial charge in [0, 0.05) is 18.9 Å². The van der Waals surface area contributed by atoms with Crippen molar-refractivity contribution in [2.45, 2.75) is 36.8 Å². The molecule has 0 saturated carbocycles. The molecule has 2 atom stereocenters. The molecule has 0 aliphatic carbocycles. The molecule has 1 aromatic carbocycles. The van der Waals surface area contributed by atoms with Gasteiger partial charge in [0.25, 0.3) is 0 Å².